The quantitative estimate of drug-likeness (QED) is 0.889. The van der Waals surface area contributed by atoms with Crippen LogP contribution >= 0.6 is 34.5 Å². The maximum Gasteiger partial charge on any atom is 0.242 e. The summed E-state index contributed by atoms with van der Waals surface area (Å²) >= 11 is 13.5. The predicted molar refractivity (Wildman–Crippen MR) is 84.4 cm³/mol. The molecule has 0 spiro atoms. The molecule has 0 amide bonds. The predicted octanol–water partition coefficient (Wildman–Crippen LogP) is 3.88. The Balaban J connectivity index is 2.12. The minimum atomic E-state index is -3.62. The van der Waals surface area contributed by atoms with Gasteiger partial charge in [0.05, 0.1) is 5.02 Å². The van der Waals surface area contributed by atoms with Gasteiger partial charge in [-0.2, -0.15) is 0 Å². The normalized spacial score (nSPS) is 11.8. The molecule has 1 aromatic heterocycles. The summed E-state index contributed by atoms with van der Waals surface area (Å²) in [7, 11) is -3.62. The third-order valence-corrected chi connectivity index (χ3v) is 6.02. The lowest BCUT2D eigenvalue weighted by molar-refractivity contribution is 0.582. The molecule has 20 heavy (non-hydrogen) atoms. The summed E-state index contributed by atoms with van der Waals surface area (Å²) in [4.78, 5) is 1.19. The van der Waals surface area contributed by atoms with Crippen LogP contribution in [0.5, 0.6) is 0 Å². The van der Waals surface area contributed by atoms with Crippen LogP contribution in [-0.4, -0.2) is 15.0 Å². The minimum absolute atomic E-state index is 0.0623. The Morgan fingerprint density at radius 1 is 1.25 bits per heavy atom. The van der Waals surface area contributed by atoms with Crippen LogP contribution in [0.3, 0.4) is 0 Å². The Kier molecular flexibility index (Phi) is 5.09. The van der Waals surface area contributed by atoms with E-state index >= 15 is 0 Å². The third kappa shape index (κ3) is 3.74. The summed E-state index contributed by atoms with van der Waals surface area (Å²) in [6, 6.07) is 6.84. The second-order valence-electron chi connectivity index (χ2n) is 4.26. The van der Waals surface area contributed by atoms with Crippen molar-refractivity contribution in [3.8, 4) is 0 Å². The van der Waals surface area contributed by atoms with E-state index < -0.39 is 10.0 Å². The van der Waals surface area contributed by atoms with Crippen molar-refractivity contribution in [1.29, 1.82) is 0 Å². The zero-order chi connectivity index (χ0) is 14.8. The Hall–Kier alpha value is -0.590. The second-order valence-corrected chi connectivity index (χ2v) is 7.84. The number of sulfonamides is 1. The lowest BCUT2D eigenvalue weighted by atomic mass is 10.2. The molecule has 0 bridgehead atoms. The second kappa shape index (κ2) is 6.45. The molecular weight excluding hydrogens is 337 g/mol. The van der Waals surface area contributed by atoms with E-state index in [1.165, 1.54) is 12.1 Å². The van der Waals surface area contributed by atoms with E-state index in [4.69, 9.17) is 23.2 Å². The van der Waals surface area contributed by atoms with Gasteiger partial charge in [0.25, 0.3) is 0 Å². The van der Waals surface area contributed by atoms with Gasteiger partial charge in [-0.25, -0.2) is 13.1 Å². The summed E-state index contributed by atoms with van der Waals surface area (Å²) in [5.41, 5.74) is 0.676. The highest BCUT2D eigenvalue weighted by Gasteiger charge is 2.18. The molecule has 1 N–H and O–H groups in total. The standard InChI is InChI=1S/C13H13Cl2NO2S2/c1-9-7-13(12(15)8-11(9)14)20(17,18)16-5-4-10-3-2-6-19-10/h2-3,6-8,16H,4-5H2,1H3. The number of hydrogen-bond acceptors (Lipinski definition) is 3. The van der Waals surface area contributed by atoms with Crippen LogP contribution in [-0.2, 0) is 16.4 Å². The third-order valence-electron chi connectivity index (χ3n) is 2.75. The number of thiophene rings is 1. The van der Waals surface area contributed by atoms with Gasteiger partial charge < -0.3 is 0 Å². The van der Waals surface area contributed by atoms with Gasteiger partial charge in [-0.3, -0.25) is 0 Å². The summed E-state index contributed by atoms with van der Waals surface area (Å²) in [6.07, 6.45) is 0.654. The minimum Gasteiger partial charge on any atom is -0.211 e. The molecule has 1 heterocycles. The number of halogens is 2. The highest BCUT2D eigenvalue weighted by atomic mass is 35.5. The first-order chi connectivity index (χ1) is 9.40. The van der Waals surface area contributed by atoms with Gasteiger partial charge in [0, 0.05) is 16.4 Å². The van der Waals surface area contributed by atoms with E-state index in [0.29, 0.717) is 23.6 Å². The molecule has 3 nitrogen and oxygen atoms in total. The lowest BCUT2D eigenvalue weighted by Crippen LogP contribution is -2.26. The molecule has 0 radical (unpaired) electrons. The average Bonchev–Trinajstić information content (AvgIpc) is 2.86. The largest absolute Gasteiger partial charge is 0.242 e. The monoisotopic (exact) mass is 349 g/mol. The van der Waals surface area contributed by atoms with Crippen molar-refractivity contribution in [1.82, 2.24) is 4.72 Å². The number of benzene rings is 1. The van der Waals surface area contributed by atoms with Crippen LogP contribution < -0.4 is 4.72 Å². The molecule has 0 unspecified atom stereocenters. The van der Waals surface area contributed by atoms with Crippen molar-refractivity contribution in [2.24, 2.45) is 0 Å². The van der Waals surface area contributed by atoms with Crippen LogP contribution in [0.25, 0.3) is 0 Å². The number of rotatable bonds is 5. The molecular formula is C13H13Cl2NO2S2. The van der Waals surface area contributed by atoms with E-state index in [2.05, 4.69) is 4.72 Å². The molecule has 0 fully saturated rings. The molecule has 0 aliphatic carbocycles. The van der Waals surface area contributed by atoms with E-state index in [-0.39, 0.29) is 9.92 Å². The molecule has 0 saturated carbocycles. The Morgan fingerprint density at radius 2 is 2.00 bits per heavy atom. The van der Waals surface area contributed by atoms with Crippen LogP contribution in [0, 0.1) is 6.92 Å². The lowest BCUT2D eigenvalue weighted by Gasteiger charge is -2.09. The van der Waals surface area contributed by atoms with E-state index in [1.807, 2.05) is 17.5 Å². The van der Waals surface area contributed by atoms with Crippen LogP contribution in [0.4, 0.5) is 0 Å². The molecule has 7 heteroatoms. The van der Waals surface area contributed by atoms with Gasteiger partial charge in [0.2, 0.25) is 10.0 Å². The van der Waals surface area contributed by atoms with Crippen LogP contribution in [0.15, 0.2) is 34.5 Å². The zero-order valence-corrected chi connectivity index (χ0v) is 13.8. The first-order valence-electron chi connectivity index (χ1n) is 5.88. The van der Waals surface area contributed by atoms with Crippen molar-refractivity contribution < 1.29 is 8.42 Å². The zero-order valence-electron chi connectivity index (χ0n) is 10.7. The number of aryl methyl sites for hydroxylation is 1. The van der Waals surface area contributed by atoms with Gasteiger partial charge in [-0.15, -0.1) is 11.3 Å². The Bertz CT molecular complexity index is 697. The number of nitrogens with one attached hydrogen (secondary N) is 1. The number of hydrogen-bond donors (Lipinski definition) is 1. The van der Waals surface area contributed by atoms with Crippen molar-refractivity contribution in [2.75, 3.05) is 6.54 Å². The molecule has 0 aliphatic heterocycles. The fourth-order valence-corrected chi connectivity index (χ4v) is 4.25. The topological polar surface area (TPSA) is 46.2 Å². The van der Waals surface area contributed by atoms with Crippen molar-refractivity contribution >= 4 is 44.6 Å². The summed E-state index contributed by atoms with van der Waals surface area (Å²) in [5, 5.41) is 2.54. The molecule has 0 saturated heterocycles. The maximum absolute atomic E-state index is 12.2. The van der Waals surface area contributed by atoms with Gasteiger partial charge in [0.15, 0.2) is 0 Å². The van der Waals surface area contributed by atoms with Crippen molar-refractivity contribution in [2.45, 2.75) is 18.2 Å². The molecule has 0 aliphatic rings. The van der Waals surface area contributed by atoms with Gasteiger partial charge in [0.1, 0.15) is 4.90 Å². The molecule has 2 aromatic rings. The van der Waals surface area contributed by atoms with Crippen molar-refractivity contribution in [3.05, 3.63) is 50.1 Å². The fraction of sp³-hybridized carbons (Fsp3) is 0.231. The first kappa shape index (κ1) is 15.8. The van der Waals surface area contributed by atoms with Crippen molar-refractivity contribution in [3.63, 3.8) is 0 Å². The van der Waals surface area contributed by atoms with E-state index in [0.717, 1.165) is 4.88 Å². The molecule has 0 atom stereocenters. The van der Waals surface area contributed by atoms with Crippen LogP contribution in [0.2, 0.25) is 10.0 Å². The van der Waals surface area contributed by atoms with Gasteiger partial charge >= 0.3 is 0 Å². The summed E-state index contributed by atoms with van der Waals surface area (Å²) in [5.74, 6) is 0. The van der Waals surface area contributed by atoms with E-state index in [9.17, 15) is 8.42 Å². The van der Waals surface area contributed by atoms with Gasteiger partial charge in [-0.1, -0.05) is 29.3 Å². The molecule has 108 valence electrons. The van der Waals surface area contributed by atoms with Gasteiger partial charge in [-0.05, 0) is 42.5 Å². The fourth-order valence-electron chi connectivity index (χ4n) is 1.68. The SMILES string of the molecule is Cc1cc(S(=O)(=O)NCCc2cccs2)c(Cl)cc1Cl. The smallest absolute Gasteiger partial charge is 0.211 e. The first-order valence-corrected chi connectivity index (χ1v) is 9.00. The summed E-state index contributed by atoms with van der Waals surface area (Å²) in [6.45, 7) is 2.07. The Labute approximate surface area is 132 Å². The Morgan fingerprint density at radius 3 is 2.65 bits per heavy atom. The highest BCUT2D eigenvalue weighted by molar-refractivity contribution is 7.89. The molecule has 2 rings (SSSR count). The van der Waals surface area contributed by atoms with E-state index in [1.54, 1.807) is 18.3 Å². The molecule has 1 aromatic carbocycles. The highest BCUT2D eigenvalue weighted by Crippen LogP contribution is 2.28. The summed E-state index contributed by atoms with van der Waals surface area (Å²) < 4.78 is 27.0. The maximum atomic E-state index is 12.2. The average molecular weight is 350 g/mol. The van der Waals surface area contributed by atoms with Crippen LogP contribution in [0.1, 0.15) is 10.4 Å².